The molecular formula is C16H24N2O2. The fourth-order valence-electron chi connectivity index (χ4n) is 3.16. The van der Waals surface area contributed by atoms with Gasteiger partial charge in [-0.25, -0.2) is 0 Å². The summed E-state index contributed by atoms with van der Waals surface area (Å²) in [6.07, 6.45) is 4.13. The highest BCUT2D eigenvalue weighted by Crippen LogP contribution is 2.27. The molecule has 0 aliphatic carbocycles. The highest BCUT2D eigenvalue weighted by molar-refractivity contribution is 5.59. The first-order chi connectivity index (χ1) is 9.83. The lowest BCUT2D eigenvalue weighted by atomic mass is 9.90. The molecule has 2 aliphatic heterocycles. The molecule has 1 aromatic carbocycles. The van der Waals surface area contributed by atoms with Gasteiger partial charge in [-0.3, -0.25) is 0 Å². The number of hydrogen-bond acceptors (Lipinski definition) is 4. The molecule has 0 radical (unpaired) electrons. The number of aliphatic hydroxyl groups excluding tert-OH is 1. The molecule has 0 saturated carbocycles. The van der Waals surface area contributed by atoms with Crippen molar-refractivity contribution < 1.29 is 9.84 Å². The molecular weight excluding hydrogens is 252 g/mol. The molecule has 20 heavy (non-hydrogen) atoms. The number of anilines is 1. The van der Waals surface area contributed by atoms with Gasteiger partial charge in [0, 0.05) is 37.5 Å². The summed E-state index contributed by atoms with van der Waals surface area (Å²) in [4.78, 5) is 0. The second-order valence-corrected chi connectivity index (χ2v) is 5.89. The van der Waals surface area contributed by atoms with Gasteiger partial charge in [0.25, 0.3) is 0 Å². The number of aryl methyl sites for hydroxylation is 1. The summed E-state index contributed by atoms with van der Waals surface area (Å²) < 4.78 is 5.41. The van der Waals surface area contributed by atoms with Gasteiger partial charge in [-0.15, -0.1) is 0 Å². The zero-order valence-electron chi connectivity index (χ0n) is 12.0. The molecule has 0 spiro atoms. The molecule has 2 heterocycles. The van der Waals surface area contributed by atoms with Gasteiger partial charge in [0.2, 0.25) is 0 Å². The fraction of sp³-hybridized carbons (Fsp3) is 0.625. The third-order valence-electron chi connectivity index (χ3n) is 4.57. The van der Waals surface area contributed by atoms with Crippen molar-refractivity contribution in [1.29, 1.82) is 0 Å². The highest BCUT2D eigenvalue weighted by atomic mass is 16.5. The van der Waals surface area contributed by atoms with E-state index in [4.69, 9.17) is 4.74 Å². The smallest absolute Gasteiger partial charge is 0.0615 e. The van der Waals surface area contributed by atoms with Crippen LogP contribution in [0.5, 0.6) is 0 Å². The lowest BCUT2D eigenvalue weighted by molar-refractivity contribution is 0.0112. The number of para-hydroxylation sites is 1. The van der Waals surface area contributed by atoms with Crippen molar-refractivity contribution in [1.82, 2.24) is 5.32 Å². The quantitative estimate of drug-likeness (QED) is 0.783. The van der Waals surface area contributed by atoms with Crippen LogP contribution in [0.3, 0.4) is 0 Å². The van der Waals surface area contributed by atoms with Crippen LogP contribution in [0.2, 0.25) is 0 Å². The number of fused-ring (bicyclic) bond motifs is 1. The topological polar surface area (TPSA) is 53.5 Å². The number of benzene rings is 1. The first kappa shape index (κ1) is 13.9. The number of aliphatic hydroxyl groups is 1. The second-order valence-electron chi connectivity index (χ2n) is 5.89. The molecule has 2 aliphatic rings. The molecule has 0 unspecified atom stereocenters. The number of hydrogen-bond donors (Lipinski definition) is 3. The van der Waals surface area contributed by atoms with Crippen molar-refractivity contribution >= 4 is 5.69 Å². The molecule has 0 amide bonds. The monoisotopic (exact) mass is 276 g/mol. The number of nitrogens with one attached hydrogen (secondary N) is 2. The first-order valence-corrected chi connectivity index (χ1v) is 7.61. The lowest BCUT2D eigenvalue weighted by Gasteiger charge is -2.37. The van der Waals surface area contributed by atoms with Crippen LogP contribution in [0.4, 0.5) is 5.69 Å². The molecule has 1 fully saturated rings. The summed E-state index contributed by atoms with van der Waals surface area (Å²) in [6.45, 7) is 3.51. The van der Waals surface area contributed by atoms with Crippen LogP contribution >= 0.6 is 0 Å². The summed E-state index contributed by atoms with van der Waals surface area (Å²) in [5, 5.41) is 16.8. The van der Waals surface area contributed by atoms with Gasteiger partial charge in [0.05, 0.1) is 6.61 Å². The maximum absolute atomic E-state index is 9.72. The molecule has 3 N–H and O–H groups in total. The van der Waals surface area contributed by atoms with E-state index in [9.17, 15) is 5.11 Å². The molecule has 0 aromatic heterocycles. The molecule has 0 bridgehead atoms. The molecule has 4 heteroatoms. The van der Waals surface area contributed by atoms with Crippen molar-refractivity contribution in [2.24, 2.45) is 0 Å². The van der Waals surface area contributed by atoms with Crippen molar-refractivity contribution in [2.45, 2.75) is 37.8 Å². The zero-order valence-corrected chi connectivity index (χ0v) is 12.0. The van der Waals surface area contributed by atoms with E-state index in [0.717, 1.165) is 45.6 Å². The number of ether oxygens (including phenoxy) is 1. The lowest BCUT2D eigenvalue weighted by Crippen LogP contribution is -2.51. The van der Waals surface area contributed by atoms with Gasteiger partial charge in [-0.2, -0.15) is 0 Å². The van der Waals surface area contributed by atoms with E-state index in [1.165, 1.54) is 23.2 Å². The normalized spacial score (nSPS) is 21.1. The van der Waals surface area contributed by atoms with Crippen molar-refractivity contribution in [3.05, 3.63) is 29.3 Å². The second kappa shape index (κ2) is 6.12. The van der Waals surface area contributed by atoms with Crippen LogP contribution in [0.25, 0.3) is 0 Å². The summed E-state index contributed by atoms with van der Waals surface area (Å²) >= 11 is 0. The van der Waals surface area contributed by atoms with Crippen molar-refractivity contribution in [3.8, 4) is 0 Å². The Morgan fingerprint density at radius 2 is 2.15 bits per heavy atom. The van der Waals surface area contributed by atoms with Crippen LogP contribution in [0.15, 0.2) is 18.2 Å². The Kier molecular flexibility index (Phi) is 4.24. The van der Waals surface area contributed by atoms with Crippen LogP contribution in [-0.2, 0) is 17.7 Å². The largest absolute Gasteiger partial charge is 0.394 e. The van der Waals surface area contributed by atoms with E-state index in [2.05, 4.69) is 28.8 Å². The molecule has 110 valence electrons. The summed E-state index contributed by atoms with van der Waals surface area (Å²) in [7, 11) is 0. The Bertz CT molecular complexity index is 456. The summed E-state index contributed by atoms with van der Waals surface area (Å²) in [6, 6.07) is 6.52. The maximum atomic E-state index is 9.72. The van der Waals surface area contributed by atoms with Crippen molar-refractivity contribution in [2.75, 3.05) is 31.7 Å². The third-order valence-corrected chi connectivity index (χ3v) is 4.57. The average Bonchev–Trinajstić information content (AvgIpc) is 2.54. The molecule has 0 atom stereocenters. The maximum Gasteiger partial charge on any atom is 0.0615 e. The van der Waals surface area contributed by atoms with Gasteiger partial charge in [0.1, 0.15) is 0 Å². The van der Waals surface area contributed by atoms with E-state index in [0.29, 0.717) is 0 Å². The Labute approximate surface area is 120 Å². The minimum Gasteiger partial charge on any atom is -0.394 e. The van der Waals surface area contributed by atoms with Gasteiger partial charge in [-0.05, 0) is 36.8 Å². The molecule has 1 saturated heterocycles. The average molecular weight is 276 g/mol. The Morgan fingerprint density at radius 3 is 2.95 bits per heavy atom. The van der Waals surface area contributed by atoms with Crippen LogP contribution in [-0.4, -0.2) is 37.0 Å². The van der Waals surface area contributed by atoms with Gasteiger partial charge < -0.3 is 20.5 Å². The molecule has 1 aromatic rings. The molecule has 3 rings (SSSR count). The van der Waals surface area contributed by atoms with Crippen molar-refractivity contribution in [3.63, 3.8) is 0 Å². The van der Waals surface area contributed by atoms with E-state index in [1.807, 2.05) is 0 Å². The summed E-state index contributed by atoms with van der Waals surface area (Å²) in [5.41, 5.74) is 3.85. The zero-order chi connectivity index (χ0) is 13.8. The van der Waals surface area contributed by atoms with E-state index < -0.39 is 0 Å². The Balaban J connectivity index is 1.71. The fourth-order valence-corrected chi connectivity index (χ4v) is 3.16. The summed E-state index contributed by atoms with van der Waals surface area (Å²) in [5.74, 6) is 0. The Morgan fingerprint density at radius 1 is 1.30 bits per heavy atom. The third kappa shape index (κ3) is 2.82. The molecule has 4 nitrogen and oxygen atoms in total. The predicted molar refractivity (Wildman–Crippen MR) is 80.0 cm³/mol. The predicted octanol–water partition coefficient (Wildman–Crippen LogP) is 1.68. The van der Waals surface area contributed by atoms with Crippen LogP contribution in [0, 0.1) is 0 Å². The van der Waals surface area contributed by atoms with E-state index in [1.54, 1.807) is 0 Å². The van der Waals surface area contributed by atoms with E-state index >= 15 is 0 Å². The SMILES string of the molecule is OCC1(NCc2cccc3c2NCCC3)CCOCC1. The van der Waals surface area contributed by atoms with Gasteiger partial charge >= 0.3 is 0 Å². The minimum atomic E-state index is -0.171. The first-order valence-electron chi connectivity index (χ1n) is 7.61. The van der Waals surface area contributed by atoms with Crippen LogP contribution in [0.1, 0.15) is 30.4 Å². The van der Waals surface area contributed by atoms with E-state index in [-0.39, 0.29) is 12.1 Å². The number of rotatable bonds is 4. The minimum absolute atomic E-state index is 0.171. The standard InChI is InChI=1S/C16H24N2O2/c19-12-16(6-9-20-10-7-16)18-11-14-4-1-3-13-5-2-8-17-15(13)14/h1,3-4,17-19H,2,5-12H2. The van der Waals surface area contributed by atoms with Crippen LogP contribution < -0.4 is 10.6 Å². The highest BCUT2D eigenvalue weighted by Gasteiger charge is 2.31. The van der Waals surface area contributed by atoms with Gasteiger partial charge in [0.15, 0.2) is 0 Å². The Hall–Kier alpha value is -1.10. The van der Waals surface area contributed by atoms with Gasteiger partial charge in [-0.1, -0.05) is 18.2 Å².